The molecule has 1 spiro atoms. The van der Waals surface area contributed by atoms with E-state index in [1.165, 1.54) is 0 Å². The lowest BCUT2D eigenvalue weighted by molar-refractivity contribution is -0.141. The van der Waals surface area contributed by atoms with Crippen molar-refractivity contribution in [3.05, 3.63) is 11.4 Å². The zero-order valence-electron chi connectivity index (χ0n) is 20.7. The first-order valence-corrected chi connectivity index (χ1v) is 12.7. The van der Waals surface area contributed by atoms with Gasteiger partial charge in [0.05, 0.1) is 18.4 Å². The molecule has 0 saturated carbocycles. The van der Waals surface area contributed by atoms with E-state index in [0.29, 0.717) is 50.4 Å². The zero-order chi connectivity index (χ0) is 25.0. The van der Waals surface area contributed by atoms with Crippen LogP contribution in [0, 0.1) is 18.3 Å². The highest BCUT2D eigenvalue weighted by atomic mass is 16.6. The van der Waals surface area contributed by atoms with Crippen molar-refractivity contribution in [3.63, 3.8) is 0 Å². The second-order valence-electron chi connectivity index (χ2n) is 10.3. The number of nitrogens with zero attached hydrogens (tertiary/aromatic N) is 4. The topological polar surface area (TPSA) is 138 Å². The van der Waals surface area contributed by atoms with Gasteiger partial charge < -0.3 is 20.4 Å². The highest BCUT2D eigenvalue weighted by molar-refractivity contribution is 5.88. The minimum absolute atomic E-state index is 0.0289. The second kappa shape index (κ2) is 10.7. The van der Waals surface area contributed by atoms with Gasteiger partial charge in [-0.15, -0.1) is 0 Å². The van der Waals surface area contributed by atoms with Crippen LogP contribution < -0.4 is 10.6 Å². The molecule has 3 aliphatic heterocycles. The first-order chi connectivity index (χ1) is 16.8. The largest absolute Gasteiger partial charge is 0.351 e. The van der Waals surface area contributed by atoms with Crippen LogP contribution in [-0.4, -0.2) is 82.5 Å². The van der Waals surface area contributed by atoms with Gasteiger partial charge in [-0.3, -0.25) is 19.2 Å². The van der Waals surface area contributed by atoms with Crippen LogP contribution in [0.3, 0.4) is 0 Å². The molecule has 0 bridgehead atoms. The summed E-state index contributed by atoms with van der Waals surface area (Å²) in [7, 11) is 0. The number of fused-ring (bicyclic) bond motifs is 1. The fourth-order valence-corrected chi connectivity index (χ4v) is 5.72. The predicted octanol–water partition coefficient (Wildman–Crippen LogP) is 0.573. The quantitative estimate of drug-likeness (QED) is 0.621. The lowest BCUT2D eigenvalue weighted by Crippen LogP contribution is -2.55. The number of carbonyl (C=O) groups excluding carboxylic acids is 4. The molecule has 0 aromatic carbocycles. The number of piperidine rings is 2. The van der Waals surface area contributed by atoms with Crippen molar-refractivity contribution in [2.75, 3.05) is 32.7 Å². The Morgan fingerprint density at radius 2 is 1.83 bits per heavy atom. The standard InChI is InChI=1S/C24H36N6O5/c1-16-20(28-35-27-16)13-22(33)29-11-8-24(9-12-29)7-4-3-5-18-15-30(17(2)31)10-6-19(18)26-21(32)14-25-23(24)34/h18-19H,3-15H2,1-2H3,(H,25,34)(H,26,32)/t18-,19+/m0/s1. The summed E-state index contributed by atoms with van der Waals surface area (Å²) in [5.74, 6) is -0.0469. The normalized spacial score (nSPS) is 25.7. The van der Waals surface area contributed by atoms with Gasteiger partial charge in [0.25, 0.3) is 0 Å². The molecule has 2 N–H and O–H groups in total. The molecule has 1 aromatic rings. The Labute approximate surface area is 205 Å². The highest BCUT2D eigenvalue weighted by Crippen LogP contribution is 2.38. The zero-order valence-corrected chi connectivity index (χ0v) is 20.7. The molecule has 0 unspecified atom stereocenters. The Bertz CT molecular complexity index is 954. The molecule has 3 saturated heterocycles. The average Bonchev–Trinajstić information content (AvgIpc) is 3.24. The summed E-state index contributed by atoms with van der Waals surface area (Å²) < 4.78 is 4.69. The van der Waals surface area contributed by atoms with E-state index < -0.39 is 5.41 Å². The third-order valence-electron chi connectivity index (χ3n) is 8.04. The molecule has 1 aromatic heterocycles. The fourth-order valence-electron chi connectivity index (χ4n) is 5.72. The van der Waals surface area contributed by atoms with E-state index in [-0.39, 0.29) is 48.6 Å². The number of likely N-dealkylation sites (tertiary alicyclic amines) is 2. The van der Waals surface area contributed by atoms with Crippen molar-refractivity contribution in [2.24, 2.45) is 11.3 Å². The molecule has 11 heteroatoms. The maximum absolute atomic E-state index is 13.3. The minimum atomic E-state index is -0.584. The third kappa shape index (κ3) is 5.82. The molecular weight excluding hydrogens is 452 g/mol. The fraction of sp³-hybridized carbons (Fsp3) is 0.750. The molecular formula is C24H36N6O5. The van der Waals surface area contributed by atoms with Crippen molar-refractivity contribution in [2.45, 2.75) is 71.3 Å². The molecule has 3 fully saturated rings. The van der Waals surface area contributed by atoms with Crippen LogP contribution in [0.5, 0.6) is 0 Å². The lowest BCUT2D eigenvalue weighted by atomic mass is 9.73. The van der Waals surface area contributed by atoms with Crippen molar-refractivity contribution in [1.82, 2.24) is 30.7 Å². The Balaban J connectivity index is 1.38. The van der Waals surface area contributed by atoms with Crippen molar-refractivity contribution in [3.8, 4) is 0 Å². The SMILES string of the molecule is CC(=O)N1CC[C@H]2NC(=O)CNC(=O)C3(CCCC[C@H]2C1)CCN(C(=O)Cc1nonc1C)CC3. The van der Waals surface area contributed by atoms with Crippen LogP contribution >= 0.6 is 0 Å². The molecule has 192 valence electrons. The lowest BCUT2D eigenvalue weighted by Gasteiger charge is -2.42. The summed E-state index contributed by atoms with van der Waals surface area (Å²) in [6.07, 6.45) is 5.45. The summed E-state index contributed by atoms with van der Waals surface area (Å²) in [5, 5.41) is 13.5. The highest BCUT2D eigenvalue weighted by Gasteiger charge is 2.42. The molecule has 4 amide bonds. The van der Waals surface area contributed by atoms with E-state index >= 15 is 0 Å². The first-order valence-electron chi connectivity index (χ1n) is 12.7. The molecule has 0 aliphatic carbocycles. The van der Waals surface area contributed by atoms with Crippen molar-refractivity contribution < 1.29 is 23.8 Å². The van der Waals surface area contributed by atoms with Gasteiger partial charge >= 0.3 is 0 Å². The number of hydrogen-bond acceptors (Lipinski definition) is 7. The van der Waals surface area contributed by atoms with E-state index in [4.69, 9.17) is 0 Å². The summed E-state index contributed by atoms with van der Waals surface area (Å²) in [6, 6.07) is 0.0289. The Kier molecular flexibility index (Phi) is 7.71. The molecule has 4 rings (SSSR count). The third-order valence-corrected chi connectivity index (χ3v) is 8.04. The second-order valence-corrected chi connectivity index (χ2v) is 10.3. The summed E-state index contributed by atoms with van der Waals surface area (Å²) in [6.45, 7) is 5.57. The van der Waals surface area contributed by atoms with Crippen LogP contribution in [0.1, 0.15) is 63.3 Å². The smallest absolute Gasteiger partial charge is 0.239 e. The summed E-state index contributed by atoms with van der Waals surface area (Å²) in [4.78, 5) is 54.2. The number of hydrogen-bond donors (Lipinski definition) is 2. The number of nitrogens with one attached hydrogen (secondary N) is 2. The van der Waals surface area contributed by atoms with Gasteiger partial charge in [0.2, 0.25) is 23.6 Å². The Morgan fingerprint density at radius 1 is 1.06 bits per heavy atom. The Hall–Kier alpha value is -2.98. The van der Waals surface area contributed by atoms with E-state index in [1.807, 2.05) is 4.90 Å². The molecule has 11 nitrogen and oxygen atoms in total. The maximum Gasteiger partial charge on any atom is 0.239 e. The van der Waals surface area contributed by atoms with Gasteiger partial charge in [-0.25, -0.2) is 4.63 Å². The Morgan fingerprint density at radius 3 is 2.51 bits per heavy atom. The number of amides is 4. The molecule has 2 atom stereocenters. The number of carbonyl (C=O) groups is 4. The number of rotatable bonds is 2. The van der Waals surface area contributed by atoms with E-state index in [9.17, 15) is 19.2 Å². The van der Waals surface area contributed by atoms with Crippen LogP contribution in [-0.2, 0) is 25.6 Å². The molecule has 0 radical (unpaired) electrons. The van der Waals surface area contributed by atoms with Crippen molar-refractivity contribution >= 4 is 23.6 Å². The number of aromatic nitrogens is 2. The van der Waals surface area contributed by atoms with Gasteiger partial charge in [-0.05, 0) is 44.9 Å². The van der Waals surface area contributed by atoms with Crippen LogP contribution in [0.15, 0.2) is 4.63 Å². The van der Waals surface area contributed by atoms with Gasteiger partial charge in [0, 0.05) is 39.1 Å². The van der Waals surface area contributed by atoms with E-state index in [1.54, 1.807) is 18.7 Å². The molecule has 35 heavy (non-hydrogen) atoms. The minimum Gasteiger partial charge on any atom is -0.351 e. The molecule has 4 heterocycles. The van der Waals surface area contributed by atoms with E-state index in [2.05, 4.69) is 25.6 Å². The average molecular weight is 489 g/mol. The first kappa shape index (κ1) is 25.1. The van der Waals surface area contributed by atoms with Crippen molar-refractivity contribution in [1.29, 1.82) is 0 Å². The maximum atomic E-state index is 13.3. The summed E-state index contributed by atoms with van der Waals surface area (Å²) in [5.41, 5.74) is 0.559. The molecule has 3 aliphatic rings. The van der Waals surface area contributed by atoms with Crippen LogP contribution in [0.4, 0.5) is 0 Å². The van der Waals surface area contributed by atoms with Gasteiger partial charge in [0.15, 0.2) is 0 Å². The van der Waals surface area contributed by atoms with Crippen LogP contribution in [0.25, 0.3) is 0 Å². The van der Waals surface area contributed by atoms with Crippen LogP contribution in [0.2, 0.25) is 0 Å². The van der Waals surface area contributed by atoms with Gasteiger partial charge in [0.1, 0.15) is 11.4 Å². The van der Waals surface area contributed by atoms with E-state index in [0.717, 1.165) is 32.1 Å². The van der Waals surface area contributed by atoms with Gasteiger partial charge in [-0.2, -0.15) is 0 Å². The van der Waals surface area contributed by atoms with Gasteiger partial charge in [-0.1, -0.05) is 23.2 Å². The monoisotopic (exact) mass is 488 g/mol. The predicted molar refractivity (Wildman–Crippen MR) is 125 cm³/mol. The number of aryl methyl sites for hydroxylation is 1. The summed E-state index contributed by atoms with van der Waals surface area (Å²) >= 11 is 0.